The van der Waals surface area contributed by atoms with Crippen molar-refractivity contribution >= 4 is 15.9 Å². The molecule has 1 atom stereocenters. The molecule has 2 nitrogen and oxygen atoms in total. The minimum Gasteiger partial charge on any atom is -0.493 e. The molecule has 0 aliphatic heterocycles. The number of hydrogen-bond donors (Lipinski definition) is 1. The first-order chi connectivity index (χ1) is 10.0. The molecule has 0 aliphatic rings. The molecular formula is C16H16BrF2NO. The Morgan fingerprint density at radius 3 is 2.52 bits per heavy atom. The third kappa shape index (κ3) is 4.02. The minimum absolute atomic E-state index is 0.304. The van der Waals surface area contributed by atoms with Crippen LogP contribution in [0.15, 0.2) is 40.9 Å². The van der Waals surface area contributed by atoms with Gasteiger partial charge in [-0.3, -0.25) is 0 Å². The van der Waals surface area contributed by atoms with Crippen molar-refractivity contribution in [3.63, 3.8) is 0 Å². The molecule has 21 heavy (non-hydrogen) atoms. The normalized spacial score (nSPS) is 12.2. The Morgan fingerprint density at radius 1 is 1.14 bits per heavy atom. The molecule has 0 aliphatic carbocycles. The van der Waals surface area contributed by atoms with Gasteiger partial charge in [0.1, 0.15) is 5.75 Å². The summed E-state index contributed by atoms with van der Waals surface area (Å²) in [6.07, 6.45) is 0.428. The van der Waals surface area contributed by atoms with Crippen molar-refractivity contribution in [1.29, 1.82) is 0 Å². The van der Waals surface area contributed by atoms with Crippen LogP contribution in [0.1, 0.15) is 24.1 Å². The van der Waals surface area contributed by atoms with Crippen molar-refractivity contribution in [1.82, 2.24) is 0 Å². The van der Waals surface area contributed by atoms with Gasteiger partial charge in [-0.1, -0.05) is 12.1 Å². The van der Waals surface area contributed by atoms with E-state index in [0.717, 1.165) is 21.9 Å². The number of benzene rings is 2. The summed E-state index contributed by atoms with van der Waals surface area (Å²) in [4.78, 5) is 0. The first kappa shape index (κ1) is 15.9. The second kappa shape index (κ2) is 7.00. The molecule has 5 heteroatoms. The monoisotopic (exact) mass is 355 g/mol. The fourth-order valence-electron chi connectivity index (χ4n) is 2.06. The van der Waals surface area contributed by atoms with Gasteiger partial charge in [0, 0.05) is 6.04 Å². The molecule has 1 unspecified atom stereocenters. The Hall–Kier alpha value is -1.46. The molecule has 0 spiro atoms. The summed E-state index contributed by atoms with van der Waals surface area (Å²) < 4.78 is 32.4. The van der Waals surface area contributed by atoms with Gasteiger partial charge in [0.2, 0.25) is 0 Å². The maximum Gasteiger partial charge on any atom is 0.159 e. The van der Waals surface area contributed by atoms with Gasteiger partial charge in [-0.05, 0) is 64.7 Å². The Labute approximate surface area is 131 Å². The highest BCUT2D eigenvalue weighted by atomic mass is 79.9. The predicted octanol–water partition coefficient (Wildman–Crippen LogP) is 4.37. The standard InChI is InChI=1S/C16H16BrF2NO/c1-2-21-16-6-4-11(9-12(16)17)15(20)8-10-3-5-13(18)14(19)7-10/h3-7,9,15H,2,8,20H2,1H3. The Morgan fingerprint density at radius 2 is 1.90 bits per heavy atom. The Kier molecular flexibility index (Phi) is 5.31. The van der Waals surface area contributed by atoms with E-state index in [4.69, 9.17) is 10.5 Å². The van der Waals surface area contributed by atoms with Crippen molar-refractivity contribution in [3.05, 3.63) is 63.6 Å². The number of nitrogens with two attached hydrogens (primary N) is 1. The molecule has 2 N–H and O–H groups in total. The van der Waals surface area contributed by atoms with Crippen LogP contribution in [0.2, 0.25) is 0 Å². The summed E-state index contributed by atoms with van der Waals surface area (Å²) in [6.45, 7) is 2.49. The second-order valence-electron chi connectivity index (χ2n) is 4.68. The van der Waals surface area contributed by atoms with Crippen molar-refractivity contribution in [3.8, 4) is 5.75 Å². The van der Waals surface area contributed by atoms with Gasteiger partial charge in [-0.25, -0.2) is 8.78 Å². The molecule has 0 saturated carbocycles. The lowest BCUT2D eigenvalue weighted by molar-refractivity contribution is 0.338. The number of halogens is 3. The van der Waals surface area contributed by atoms with Crippen LogP contribution in [0, 0.1) is 11.6 Å². The third-order valence-corrected chi connectivity index (χ3v) is 3.74. The van der Waals surface area contributed by atoms with Gasteiger partial charge in [-0.15, -0.1) is 0 Å². The van der Waals surface area contributed by atoms with E-state index in [0.29, 0.717) is 18.6 Å². The largest absolute Gasteiger partial charge is 0.493 e. The topological polar surface area (TPSA) is 35.2 Å². The molecule has 2 rings (SSSR count). The molecule has 0 fully saturated rings. The lowest BCUT2D eigenvalue weighted by Gasteiger charge is -2.14. The smallest absolute Gasteiger partial charge is 0.159 e. The summed E-state index contributed by atoms with van der Waals surface area (Å²) in [5.41, 5.74) is 7.69. The van der Waals surface area contributed by atoms with Crippen LogP contribution in [0.4, 0.5) is 8.78 Å². The zero-order chi connectivity index (χ0) is 15.4. The SMILES string of the molecule is CCOc1ccc(C(N)Cc2ccc(F)c(F)c2)cc1Br. The fourth-order valence-corrected chi connectivity index (χ4v) is 2.57. The van der Waals surface area contributed by atoms with Crippen molar-refractivity contribution < 1.29 is 13.5 Å². The zero-order valence-electron chi connectivity index (χ0n) is 11.6. The van der Waals surface area contributed by atoms with Crippen LogP contribution in [0.5, 0.6) is 5.75 Å². The van der Waals surface area contributed by atoms with E-state index in [1.807, 2.05) is 25.1 Å². The maximum atomic E-state index is 13.2. The summed E-state index contributed by atoms with van der Waals surface area (Å²) in [5, 5.41) is 0. The van der Waals surface area contributed by atoms with E-state index >= 15 is 0 Å². The molecule has 0 heterocycles. The summed E-state index contributed by atoms with van der Waals surface area (Å²) in [5.74, 6) is -0.954. The van der Waals surface area contributed by atoms with E-state index < -0.39 is 11.6 Å². The number of ether oxygens (including phenoxy) is 1. The number of rotatable bonds is 5. The van der Waals surface area contributed by atoms with E-state index in [-0.39, 0.29) is 6.04 Å². The van der Waals surface area contributed by atoms with Crippen molar-refractivity contribution in [2.75, 3.05) is 6.61 Å². The summed E-state index contributed by atoms with van der Waals surface area (Å²) >= 11 is 3.43. The highest BCUT2D eigenvalue weighted by Gasteiger charge is 2.11. The maximum absolute atomic E-state index is 13.2. The molecule has 2 aromatic rings. The zero-order valence-corrected chi connectivity index (χ0v) is 13.2. The van der Waals surface area contributed by atoms with Gasteiger partial charge in [0.25, 0.3) is 0 Å². The van der Waals surface area contributed by atoms with Crippen LogP contribution < -0.4 is 10.5 Å². The van der Waals surface area contributed by atoms with Crippen LogP contribution >= 0.6 is 15.9 Å². The molecule has 2 aromatic carbocycles. The molecule has 0 aromatic heterocycles. The van der Waals surface area contributed by atoms with Crippen LogP contribution in [-0.4, -0.2) is 6.61 Å². The predicted molar refractivity (Wildman–Crippen MR) is 82.3 cm³/mol. The third-order valence-electron chi connectivity index (χ3n) is 3.12. The van der Waals surface area contributed by atoms with Gasteiger partial charge in [-0.2, -0.15) is 0 Å². The first-order valence-corrected chi connectivity index (χ1v) is 7.42. The molecular weight excluding hydrogens is 340 g/mol. The summed E-state index contributed by atoms with van der Waals surface area (Å²) in [7, 11) is 0. The molecule has 112 valence electrons. The van der Waals surface area contributed by atoms with Crippen molar-refractivity contribution in [2.24, 2.45) is 5.73 Å². The van der Waals surface area contributed by atoms with Gasteiger partial charge < -0.3 is 10.5 Å². The van der Waals surface area contributed by atoms with Gasteiger partial charge in [0.15, 0.2) is 11.6 Å². The average molecular weight is 356 g/mol. The van der Waals surface area contributed by atoms with E-state index in [9.17, 15) is 8.78 Å². The van der Waals surface area contributed by atoms with Crippen LogP contribution in [0.25, 0.3) is 0 Å². The molecule has 0 bridgehead atoms. The van der Waals surface area contributed by atoms with E-state index in [2.05, 4.69) is 15.9 Å². The van der Waals surface area contributed by atoms with E-state index in [1.165, 1.54) is 6.07 Å². The quantitative estimate of drug-likeness (QED) is 0.864. The fraction of sp³-hybridized carbons (Fsp3) is 0.250. The highest BCUT2D eigenvalue weighted by Crippen LogP contribution is 2.29. The van der Waals surface area contributed by atoms with Crippen molar-refractivity contribution in [2.45, 2.75) is 19.4 Å². The second-order valence-corrected chi connectivity index (χ2v) is 5.54. The Balaban J connectivity index is 2.14. The van der Waals surface area contributed by atoms with Crippen LogP contribution in [0.3, 0.4) is 0 Å². The molecule has 0 radical (unpaired) electrons. The number of hydrogen-bond acceptors (Lipinski definition) is 2. The minimum atomic E-state index is -0.854. The lowest BCUT2D eigenvalue weighted by Crippen LogP contribution is -2.13. The first-order valence-electron chi connectivity index (χ1n) is 6.63. The van der Waals surface area contributed by atoms with E-state index in [1.54, 1.807) is 6.07 Å². The average Bonchev–Trinajstić information content (AvgIpc) is 2.45. The van der Waals surface area contributed by atoms with Crippen LogP contribution in [-0.2, 0) is 6.42 Å². The van der Waals surface area contributed by atoms with Gasteiger partial charge in [0.05, 0.1) is 11.1 Å². The lowest BCUT2D eigenvalue weighted by atomic mass is 9.99. The Bertz CT molecular complexity index is 634. The summed E-state index contributed by atoms with van der Waals surface area (Å²) in [6, 6.07) is 9.14. The van der Waals surface area contributed by atoms with Gasteiger partial charge >= 0.3 is 0 Å². The molecule has 0 saturated heterocycles. The highest BCUT2D eigenvalue weighted by molar-refractivity contribution is 9.10. The molecule has 0 amide bonds.